The molecule has 4 rings (SSSR count). The topological polar surface area (TPSA) is 76.2 Å². The van der Waals surface area contributed by atoms with Gasteiger partial charge >= 0.3 is 0 Å². The summed E-state index contributed by atoms with van der Waals surface area (Å²) in [6.45, 7) is 0.190. The highest BCUT2D eigenvalue weighted by molar-refractivity contribution is 6.04. The Labute approximate surface area is 132 Å². The largest absolute Gasteiger partial charge is 0.454 e. The lowest BCUT2D eigenvalue weighted by Crippen LogP contribution is -2.11. The number of benzene rings is 2. The van der Waals surface area contributed by atoms with Crippen molar-refractivity contribution in [3.63, 3.8) is 0 Å². The molecule has 1 amide bonds. The van der Waals surface area contributed by atoms with E-state index in [-0.39, 0.29) is 12.7 Å². The first-order valence-corrected chi connectivity index (χ1v) is 7.10. The number of H-pyrrole nitrogens is 1. The number of ether oxygens (including phenoxy) is 2. The van der Waals surface area contributed by atoms with Gasteiger partial charge in [-0.15, -0.1) is 0 Å². The smallest absolute Gasteiger partial charge is 0.255 e. The van der Waals surface area contributed by atoms with Gasteiger partial charge in [-0.3, -0.25) is 9.89 Å². The molecule has 2 heterocycles. The Kier molecular flexibility index (Phi) is 3.20. The molecule has 0 fully saturated rings. The van der Waals surface area contributed by atoms with E-state index in [9.17, 15) is 4.79 Å². The zero-order valence-corrected chi connectivity index (χ0v) is 12.1. The van der Waals surface area contributed by atoms with Crippen LogP contribution in [0.25, 0.3) is 11.3 Å². The Hall–Kier alpha value is -3.28. The molecule has 1 aliphatic rings. The van der Waals surface area contributed by atoms with Crippen LogP contribution < -0.4 is 14.8 Å². The Bertz CT molecular complexity index is 842. The molecule has 0 atom stereocenters. The lowest BCUT2D eigenvalue weighted by molar-refractivity contribution is 0.102. The molecule has 114 valence electrons. The number of hydrogen-bond donors (Lipinski definition) is 2. The van der Waals surface area contributed by atoms with Gasteiger partial charge in [-0.1, -0.05) is 12.1 Å². The summed E-state index contributed by atoms with van der Waals surface area (Å²) in [5.41, 5.74) is 3.17. The van der Waals surface area contributed by atoms with Crippen molar-refractivity contribution in [1.29, 1.82) is 0 Å². The SMILES string of the molecule is O=C(Nc1ccc(-c2ccn[nH]2)cc1)c1ccc2c(c1)OCO2. The van der Waals surface area contributed by atoms with Crippen LogP contribution in [-0.2, 0) is 0 Å². The molecule has 0 spiro atoms. The van der Waals surface area contributed by atoms with Crippen LogP contribution in [0.4, 0.5) is 5.69 Å². The van der Waals surface area contributed by atoms with Crippen LogP contribution in [0.15, 0.2) is 54.7 Å². The number of rotatable bonds is 3. The quantitative estimate of drug-likeness (QED) is 0.779. The second-order valence-electron chi connectivity index (χ2n) is 5.07. The maximum Gasteiger partial charge on any atom is 0.255 e. The molecular formula is C17H13N3O3. The van der Waals surface area contributed by atoms with Crippen LogP contribution in [-0.4, -0.2) is 22.9 Å². The van der Waals surface area contributed by atoms with Gasteiger partial charge in [0.05, 0.1) is 5.69 Å². The minimum absolute atomic E-state index is 0.190. The third kappa shape index (κ3) is 2.62. The average molecular weight is 307 g/mol. The van der Waals surface area contributed by atoms with Gasteiger partial charge in [-0.05, 0) is 42.0 Å². The molecule has 3 aromatic rings. The maximum absolute atomic E-state index is 12.3. The van der Waals surface area contributed by atoms with Crippen LogP contribution in [0, 0.1) is 0 Å². The fourth-order valence-corrected chi connectivity index (χ4v) is 2.39. The Morgan fingerprint density at radius 2 is 1.87 bits per heavy atom. The monoisotopic (exact) mass is 307 g/mol. The summed E-state index contributed by atoms with van der Waals surface area (Å²) in [4.78, 5) is 12.3. The predicted molar refractivity (Wildman–Crippen MR) is 84.5 cm³/mol. The lowest BCUT2D eigenvalue weighted by Gasteiger charge is -2.07. The van der Waals surface area contributed by atoms with Crippen LogP contribution >= 0.6 is 0 Å². The van der Waals surface area contributed by atoms with Crippen molar-refractivity contribution >= 4 is 11.6 Å². The molecule has 0 bridgehead atoms. The molecule has 2 aromatic carbocycles. The first-order valence-electron chi connectivity index (χ1n) is 7.10. The summed E-state index contributed by atoms with van der Waals surface area (Å²) < 4.78 is 10.5. The zero-order valence-electron chi connectivity index (χ0n) is 12.1. The number of fused-ring (bicyclic) bond motifs is 1. The van der Waals surface area contributed by atoms with Crippen LogP contribution in [0.1, 0.15) is 10.4 Å². The van der Waals surface area contributed by atoms with Crippen molar-refractivity contribution in [2.24, 2.45) is 0 Å². The van der Waals surface area contributed by atoms with E-state index in [4.69, 9.17) is 9.47 Å². The number of nitrogens with one attached hydrogen (secondary N) is 2. The minimum Gasteiger partial charge on any atom is -0.454 e. The van der Waals surface area contributed by atoms with E-state index in [1.165, 1.54) is 0 Å². The Morgan fingerprint density at radius 1 is 1.04 bits per heavy atom. The Balaban J connectivity index is 1.50. The van der Waals surface area contributed by atoms with Crippen molar-refractivity contribution in [3.8, 4) is 22.8 Å². The van der Waals surface area contributed by atoms with Gasteiger partial charge in [0.25, 0.3) is 5.91 Å². The predicted octanol–water partition coefficient (Wildman–Crippen LogP) is 3.06. The number of aromatic amines is 1. The van der Waals surface area contributed by atoms with Gasteiger partial charge in [-0.2, -0.15) is 5.10 Å². The van der Waals surface area contributed by atoms with E-state index in [2.05, 4.69) is 15.5 Å². The van der Waals surface area contributed by atoms with Gasteiger partial charge in [0.2, 0.25) is 6.79 Å². The molecule has 1 aromatic heterocycles. The zero-order chi connectivity index (χ0) is 15.6. The fraction of sp³-hybridized carbons (Fsp3) is 0.0588. The molecule has 0 aliphatic carbocycles. The summed E-state index contributed by atoms with van der Waals surface area (Å²) in [6.07, 6.45) is 1.70. The minimum atomic E-state index is -0.197. The van der Waals surface area contributed by atoms with Gasteiger partial charge in [0.15, 0.2) is 11.5 Å². The van der Waals surface area contributed by atoms with Crippen molar-refractivity contribution in [2.45, 2.75) is 0 Å². The molecule has 0 saturated heterocycles. The van der Waals surface area contributed by atoms with E-state index >= 15 is 0 Å². The molecule has 0 unspecified atom stereocenters. The first kappa shape index (κ1) is 13.4. The van der Waals surface area contributed by atoms with E-state index in [1.807, 2.05) is 30.3 Å². The fourth-order valence-electron chi connectivity index (χ4n) is 2.39. The standard InChI is InChI=1S/C17H13N3O3/c21-17(12-3-6-15-16(9-12)23-10-22-15)19-13-4-1-11(2-5-13)14-7-8-18-20-14/h1-9H,10H2,(H,18,20)(H,19,21). The highest BCUT2D eigenvalue weighted by Gasteiger charge is 2.16. The van der Waals surface area contributed by atoms with E-state index in [0.717, 1.165) is 16.9 Å². The molecule has 1 aliphatic heterocycles. The number of nitrogens with zero attached hydrogens (tertiary/aromatic N) is 1. The second kappa shape index (κ2) is 5.49. The molecule has 2 N–H and O–H groups in total. The first-order chi connectivity index (χ1) is 11.3. The van der Waals surface area contributed by atoms with E-state index in [0.29, 0.717) is 17.1 Å². The molecule has 6 nitrogen and oxygen atoms in total. The molecule has 23 heavy (non-hydrogen) atoms. The van der Waals surface area contributed by atoms with Crippen LogP contribution in [0.2, 0.25) is 0 Å². The molecule has 0 saturated carbocycles. The van der Waals surface area contributed by atoms with Crippen molar-refractivity contribution in [2.75, 3.05) is 12.1 Å². The van der Waals surface area contributed by atoms with E-state index < -0.39 is 0 Å². The molecule has 0 radical (unpaired) electrons. The summed E-state index contributed by atoms with van der Waals surface area (Å²) >= 11 is 0. The third-order valence-corrected chi connectivity index (χ3v) is 3.59. The molecule has 6 heteroatoms. The summed E-state index contributed by atoms with van der Waals surface area (Å²) in [5.74, 6) is 1.05. The third-order valence-electron chi connectivity index (χ3n) is 3.59. The van der Waals surface area contributed by atoms with Gasteiger partial charge < -0.3 is 14.8 Å². The van der Waals surface area contributed by atoms with Crippen molar-refractivity contribution < 1.29 is 14.3 Å². The lowest BCUT2D eigenvalue weighted by atomic mass is 10.1. The van der Waals surface area contributed by atoms with Crippen molar-refractivity contribution in [3.05, 3.63) is 60.3 Å². The maximum atomic E-state index is 12.3. The van der Waals surface area contributed by atoms with Crippen LogP contribution in [0.3, 0.4) is 0 Å². The number of aromatic nitrogens is 2. The second-order valence-corrected chi connectivity index (χ2v) is 5.07. The number of carbonyl (C=O) groups is 1. The Morgan fingerprint density at radius 3 is 2.65 bits per heavy atom. The normalized spacial score (nSPS) is 12.2. The van der Waals surface area contributed by atoms with Gasteiger partial charge in [-0.25, -0.2) is 0 Å². The molecular weight excluding hydrogens is 294 g/mol. The summed E-state index contributed by atoms with van der Waals surface area (Å²) in [6, 6.07) is 14.5. The number of anilines is 1. The highest BCUT2D eigenvalue weighted by atomic mass is 16.7. The summed E-state index contributed by atoms with van der Waals surface area (Å²) in [5, 5.41) is 9.68. The number of amides is 1. The average Bonchev–Trinajstić information content (AvgIpc) is 3.26. The van der Waals surface area contributed by atoms with E-state index in [1.54, 1.807) is 24.4 Å². The van der Waals surface area contributed by atoms with Gasteiger partial charge in [0.1, 0.15) is 0 Å². The number of hydrogen-bond acceptors (Lipinski definition) is 4. The highest BCUT2D eigenvalue weighted by Crippen LogP contribution is 2.32. The van der Waals surface area contributed by atoms with Crippen LogP contribution in [0.5, 0.6) is 11.5 Å². The van der Waals surface area contributed by atoms with Crippen molar-refractivity contribution in [1.82, 2.24) is 10.2 Å². The van der Waals surface area contributed by atoms with Gasteiger partial charge in [0, 0.05) is 17.4 Å². The summed E-state index contributed by atoms with van der Waals surface area (Å²) in [7, 11) is 0. The number of carbonyl (C=O) groups excluding carboxylic acids is 1.